The molecule has 0 aliphatic rings. The summed E-state index contributed by atoms with van der Waals surface area (Å²) in [6, 6.07) is 0. The summed E-state index contributed by atoms with van der Waals surface area (Å²) in [6.45, 7) is 3.49. The van der Waals surface area contributed by atoms with Crippen LogP contribution in [0.4, 0.5) is 0 Å². The Morgan fingerprint density at radius 3 is 2.20 bits per heavy atom. The van der Waals surface area contributed by atoms with Gasteiger partial charge in [-0.1, -0.05) is 0 Å². The van der Waals surface area contributed by atoms with Gasteiger partial charge in [-0.15, -0.1) is 0 Å². The maximum atomic E-state index is 5.31. The van der Waals surface area contributed by atoms with Crippen molar-refractivity contribution in [2.45, 2.75) is 0.515 Å². The van der Waals surface area contributed by atoms with E-state index in [0.29, 0.717) is 0 Å². The first-order valence-corrected chi connectivity index (χ1v) is 4.19. The molecule has 0 atom stereocenters. The van der Waals surface area contributed by atoms with Crippen LogP contribution >= 0.6 is 11.6 Å². The minimum absolute atomic E-state index is 0.810. The van der Waals surface area contributed by atoms with Crippen LogP contribution in [0.2, 0.25) is 0.515 Å². The number of rotatable bonds is 1. The first kappa shape index (κ1) is 6.67. The minimum atomic E-state index is 0.810. The molecule has 0 aromatic heterocycles. The van der Waals surface area contributed by atoms with E-state index < -0.39 is 0 Å². The summed E-state index contributed by atoms with van der Waals surface area (Å²) < 4.78 is 1.06. The molecule has 0 aromatic rings. The zero-order chi connectivity index (χ0) is 4.28. The van der Waals surface area contributed by atoms with Gasteiger partial charge in [0.2, 0.25) is 0 Å². The fourth-order valence-electron chi connectivity index (χ4n) is 0. The van der Waals surface area contributed by atoms with Crippen molar-refractivity contribution in [2.24, 2.45) is 0 Å². The maximum absolute atomic E-state index is 5.31. The van der Waals surface area contributed by atoms with Crippen LogP contribution in [0.1, 0.15) is 0 Å². The Hall–Kier alpha value is 1.67. The molecular formula is C3H4ClK. The van der Waals surface area contributed by atoms with Gasteiger partial charge in [0.1, 0.15) is 0 Å². The summed E-state index contributed by atoms with van der Waals surface area (Å²) in [5.41, 5.74) is 0. The molecule has 0 fully saturated rings. The van der Waals surface area contributed by atoms with Gasteiger partial charge in [-0.3, -0.25) is 0 Å². The monoisotopic (exact) mass is 114 g/mol. The third kappa shape index (κ3) is 5.67. The van der Waals surface area contributed by atoms with E-state index in [1.54, 1.807) is 0 Å². The molecule has 2 heteroatoms. The number of allylic oxidation sites excluding steroid dienone is 1. The van der Waals surface area contributed by atoms with Gasteiger partial charge in [0, 0.05) is 0 Å². The predicted molar refractivity (Wildman–Crippen MR) is 25.6 cm³/mol. The molecule has 0 nitrogen and oxygen atoms in total. The van der Waals surface area contributed by atoms with Crippen LogP contribution in [0.25, 0.3) is 0 Å². The molecule has 0 heterocycles. The van der Waals surface area contributed by atoms with Crippen LogP contribution in [-0.4, -0.2) is 49.0 Å². The standard InChI is InChI=1S/C3H4Cl.K/c1-3(2)4;/h1-2H2;. The second-order valence-corrected chi connectivity index (χ2v) is 2.51. The molecule has 5 heavy (non-hydrogen) atoms. The summed E-state index contributed by atoms with van der Waals surface area (Å²) in [5, 5.41) is 0.810. The molecule has 24 valence electrons. The van der Waals surface area contributed by atoms with Gasteiger partial charge in [0.25, 0.3) is 0 Å². The van der Waals surface area contributed by atoms with Crippen molar-refractivity contribution in [2.75, 3.05) is 0 Å². The van der Waals surface area contributed by atoms with E-state index in [1.165, 1.54) is 0 Å². The zero-order valence-corrected chi connectivity index (χ0v) is 7.17. The second-order valence-electron chi connectivity index (χ2n) is 0.871. The van der Waals surface area contributed by atoms with Crippen molar-refractivity contribution in [1.29, 1.82) is 0 Å². The Kier molecular flexibility index (Phi) is 5.12. The van der Waals surface area contributed by atoms with Crippen LogP contribution in [0, 0.1) is 0 Å². The number of hydrogen-bond acceptors (Lipinski definition) is 0. The normalized spacial score (nSPS) is 7.80. The molecule has 0 amide bonds. The van der Waals surface area contributed by atoms with Gasteiger partial charge in [-0.2, -0.15) is 0 Å². The van der Waals surface area contributed by atoms with Crippen molar-refractivity contribution in [3.8, 4) is 0 Å². The molecule has 0 radical (unpaired) electrons. The van der Waals surface area contributed by atoms with Crippen molar-refractivity contribution >= 4 is 60.6 Å². The van der Waals surface area contributed by atoms with E-state index in [-0.39, 0.29) is 0 Å². The van der Waals surface area contributed by atoms with Crippen molar-refractivity contribution in [1.82, 2.24) is 0 Å². The zero-order valence-electron chi connectivity index (χ0n) is 3.29. The summed E-state index contributed by atoms with van der Waals surface area (Å²) in [7, 11) is 0. The molecule has 0 bridgehead atoms. The van der Waals surface area contributed by atoms with E-state index in [2.05, 4.69) is 6.58 Å². The molecule has 0 aromatic carbocycles. The summed E-state index contributed by atoms with van der Waals surface area (Å²) in [5.74, 6) is 0. The fourth-order valence-corrected chi connectivity index (χ4v) is 0. The molecular weight excluding hydrogens is 111 g/mol. The van der Waals surface area contributed by atoms with Gasteiger partial charge in [0.15, 0.2) is 0 Å². The Morgan fingerprint density at radius 1 is 2.00 bits per heavy atom. The van der Waals surface area contributed by atoms with Gasteiger partial charge in [-0.25, -0.2) is 0 Å². The number of hydrogen-bond donors (Lipinski definition) is 0. The first-order chi connectivity index (χ1) is 2.27. The Labute approximate surface area is 71.2 Å². The fraction of sp³-hybridized carbons (Fsp3) is 0.333. The predicted octanol–water partition coefficient (Wildman–Crippen LogP) is 1.33. The van der Waals surface area contributed by atoms with E-state index in [1.807, 2.05) is 0 Å². The Morgan fingerprint density at radius 2 is 2.20 bits per heavy atom. The molecule has 0 saturated carbocycles. The Bertz CT molecular complexity index is 42.2. The van der Waals surface area contributed by atoms with Crippen LogP contribution in [0.5, 0.6) is 0 Å². The number of halogens is 1. The summed E-state index contributed by atoms with van der Waals surface area (Å²) in [6.07, 6.45) is 0. The van der Waals surface area contributed by atoms with E-state index in [9.17, 15) is 0 Å². The molecule has 0 rings (SSSR count). The molecule has 0 spiro atoms. The average Bonchev–Trinajstić information content (AvgIpc) is 1.38. The van der Waals surface area contributed by atoms with Crippen LogP contribution in [0.15, 0.2) is 11.6 Å². The van der Waals surface area contributed by atoms with Crippen LogP contribution < -0.4 is 0 Å². The topological polar surface area (TPSA) is 0 Å². The van der Waals surface area contributed by atoms with Gasteiger partial charge in [0.05, 0.1) is 0 Å². The summed E-state index contributed by atoms with van der Waals surface area (Å²) in [4.78, 5) is 0. The molecule has 0 aliphatic carbocycles. The molecule has 0 aliphatic heterocycles. The van der Waals surface area contributed by atoms with E-state index in [0.717, 1.165) is 54.5 Å². The third-order valence-corrected chi connectivity index (χ3v) is 2.68. The van der Waals surface area contributed by atoms with Gasteiger partial charge in [-0.05, 0) is 0 Å². The van der Waals surface area contributed by atoms with Crippen LogP contribution in [-0.2, 0) is 0 Å². The van der Waals surface area contributed by atoms with Crippen molar-refractivity contribution in [3.63, 3.8) is 0 Å². The van der Waals surface area contributed by atoms with E-state index in [4.69, 9.17) is 11.6 Å². The van der Waals surface area contributed by atoms with Gasteiger partial charge < -0.3 is 0 Å². The average molecular weight is 115 g/mol. The van der Waals surface area contributed by atoms with Crippen molar-refractivity contribution < 1.29 is 0 Å². The first-order valence-electron chi connectivity index (χ1n) is 1.60. The molecule has 0 unspecified atom stereocenters. The summed E-state index contributed by atoms with van der Waals surface area (Å²) >= 11 is 6.17. The Balaban J connectivity index is 2.85. The molecule has 0 saturated heterocycles. The van der Waals surface area contributed by atoms with Crippen LogP contribution in [0.3, 0.4) is 0 Å². The van der Waals surface area contributed by atoms with Gasteiger partial charge >= 0.3 is 72.7 Å². The SMILES string of the molecule is C=C(Cl)[CH2][K]. The van der Waals surface area contributed by atoms with Crippen molar-refractivity contribution in [3.05, 3.63) is 11.6 Å². The third-order valence-electron chi connectivity index (χ3n) is 0.384. The van der Waals surface area contributed by atoms with E-state index >= 15 is 0 Å². The molecule has 0 N–H and O–H groups in total. The quantitative estimate of drug-likeness (QED) is 0.451. The second kappa shape index (κ2) is 3.84.